The largest absolute Gasteiger partial charge is 0.595 e. The van der Waals surface area contributed by atoms with Crippen molar-refractivity contribution in [2.45, 2.75) is 0 Å². The Hall–Kier alpha value is -3.44. The Kier molecular flexibility index (Phi) is 4.67. The Balaban J connectivity index is 1.60. The van der Waals surface area contributed by atoms with Gasteiger partial charge in [0, 0.05) is 23.8 Å². The number of carbonyl (C=O) groups is 1. The molecule has 28 heavy (non-hydrogen) atoms. The lowest BCUT2D eigenvalue weighted by Crippen LogP contribution is -2.99. The van der Waals surface area contributed by atoms with E-state index in [1.807, 2.05) is 30.3 Å². The highest BCUT2D eigenvalue weighted by Gasteiger charge is 2.16. The van der Waals surface area contributed by atoms with Crippen LogP contribution in [-0.4, -0.2) is 21.3 Å². The van der Waals surface area contributed by atoms with Gasteiger partial charge in [-0.2, -0.15) is 5.23 Å². The molecule has 4 aromatic rings. The fourth-order valence-electron chi connectivity index (χ4n) is 2.53. The van der Waals surface area contributed by atoms with Crippen molar-refractivity contribution >= 4 is 39.0 Å². The van der Waals surface area contributed by atoms with Gasteiger partial charge in [-0.3, -0.25) is 14.9 Å². The highest BCUT2D eigenvalue weighted by atomic mass is 32.1. The van der Waals surface area contributed by atoms with Gasteiger partial charge in [0.2, 0.25) is 5.13 Å². The quantitative estimate of drug-likeness (QED) is 0.449. The summed E-state index contributed by atoms with van der Waals surface area (Å²) in [6.45, 7) is 0. The van der Waals surface area contributed by atoms with Crippen molar-refractivity contribution in [3.05, 3.63) is 75.8 Å². The Bertz CT molecular complexity index is 1220. The predicted octanol–water partition coefficient (Wildman–Crippen LogP) is 1.97. The first-order valence-electron chi connectivity index (χ1n) is 8.03. The number of quaternary nitrogens is 1. The number of anilines is 1. The van der Waals surface area contributed by atoms with Crippen LogP contribution in [0.2, 0.25) is 0 Å². The molecule has 0 radical (unpaired) electrons. The molecule has 2 aromatic carbocycles. The highest BCUT2D eigenvalue weighted by molar-refractivity contribution is 7.18. The average Bonchev–Trinajstić information content (AvgIpc) is 3.16. The number of rotatable bonds is 4. The van der Waals surface area contributed by atoms with Crippen LogP contribution in [-0.2, 0) is 0 Å². The Morgan fingerprint density at radius 3 is 2.68 bits per heavy atom. The van der Waals surface area contributed by atoms with Crippen LogP contribution in [0.5, 0.6) is 0 Å². The van der Waals surface area contributed by atoms with E-state index in [2.05, 4.69) is 15.5 Å². The monoisotopic (exact) mass is 396 g/mol. The fourth-order valence-corrected chi connectivity index (χ4v) is 3.28. The molecular weight excluding hydrogens is 384 g/mol. The highest BCUT2D eigenvalue weighted by Crippen LogP contribution is 2.26. The van der Waals surface area contributed by atoms with E-state index in [0.29, 0.717) is 5.01 Å². The van der Waals surface area contributed by atoms with Gasteiger partial charge in [0.1, 0.15) is 10.6 Å². The minimum absolute atomic E-state index is 0.0423. The lowest BCUT2D eigenvalue weighted by molar-refractivity contribution is -0.991. The first kappa shape index (κ1) is 17.9. The molecule has 0 fully saturated rings. The topological polar surface area (TPSA) is 133 Å². The van der Waals surface area contributed by atoms with Crippen LogP contribution in [0.25, 0.3) is 21.5 Å². The summed E-state index contributed by atoms with van der Waals surface area (Å²) in [6, 6.07) is 14.2. The van der Waals surface area contributed by atoms with Gasteiger partial charge in [0.05, 0.1) is 5.39 Å². The molecule has 1 unspecified atom stereocenters. The number of carbonyl (C=O) groups excluding carboxylic acids is 1. The summed E-state index contributed by atoms with van der Waals surface area (Å²) in [5, 5.41) is 30.4. The summed E-state index contributed by atoms with van der Waals surface area (Å²) in [5.74, 6) is -0.867. The molecule has 0 bridgehead atoms. The molecule has 0 aliphatic rings. The minimum atomic E-state index is -1.16. The van der Waals surface area contributed by atoms with Crippen molar-refractivity contribution in [1.29, 1.82) is 0 Å². The summed E-state index contributed by atoms with van der Waals surface area (Å²) in [7, 11) is 0. The molecule has 9 nitrogen and oxygen atoms in total. The molecule has 140 valence electrons. The predicted molar refractivity (Wildman–Crippen MR) is 102 cm³/mol. The number of benzene rings is 2. The van der Waals surface area contributed by atoms with Crippen molar-refractivity contribution in [2.75, 3.05) is 5.32 Å². The molecule has 2 aromatic heterocycles. The van der Waals surface area contributed by atoms with Crippen LogP contribution >= 0.6 is 11.3 Å². The first-order valence-corrected chi connectivity index (χ1v) is 8.84. The van der Waals surface area contributed by atoms with Crippen LogP contribution in [0.3, 0.4) is 0 Å². The molecule has 4 rings (SSSR count). The van der Waals surface area contributed by atoms with Crippen LogP contribution in [0.15, 0.2) is 63.8 Å². The van der Waals surface area contributed by atoms with Crippen LogP contribution in [0.4, 0.5) is 10.8 Å². The molecule has 0 aliphatic carbocycles. The van der Waals surface area contributed by atoms with E-state index < -0.39 is 16.6 Å². The fraction of sp³-hybridized carbons (Fsp3) is 0. The Morgan fingerprint density at radius 2 is 1.93 bits per heavy atom. The number of aromatic nitrogens is 2. The number of hydrogen-bond acceptors (Lipinski definition) is 8. The molecule has 1 atom stereocenters. The van der Waals surface area contributed by atoms with E-state index in [9.17, 15) is 14.8 Å². The second-order valence-corrected chi connectivity index (χ2v) is 6.70. The zero-order valence-corrected chi connectivity index (χ0v) is 14.9. The van der Waals surface area contributed by atoms with E-state index >= 15 is 0 Å². The summed E-state index contributed by atoms with van der Waals surface area (Å²) in [5.41, 5.74) is 0.424. The van der Waals surface area contributed by atoms with Crippen molar-refractivity contribution in [3.8, 4) is 10.6 Å². The second-order valence-electron chi connectivity index (χ2n) is 5.72. The third-order valence-electron chi connectivity index (χ3n) is 3.86. The molecule has 0 saturated carbocycles. The van der Waals surface area contributed by atoms with E-state index in [1.54, 1.807) is 0 Å². The third kappa shape index (κ3) is 3.52. The van der Waals surface area contributed by atoms with E-state index in [-0.39, 0.29) is 27.5 Å². The lowest BCUT2D eigenvalue weighted by atomic mass is 10.2. The zero-order valence-electron chi connectivity index (χ0n) is 14.1. The van der Waals surface area contributed by atoms with Crippen LogP contribution < -0.4 is 16.0 Å². The molecular formula is C18H12N4O5S. The SMILES string of the molecule is O=C(Nc1nnc(-c2ccccc2)s1)c1cc(=O)c2cc([NH+]([O-])O)ccc2o1. The molecule has 3 N–H and O–H groups in total. The number of amides is 1. The Labute approximate surface area is 161 Å². The second kappa shape index (κ2) is 7.29. The van der Waals surface area contributed by atoms with E-state index in [0.717, 1.165) is 11.6 Å². The van der Waals surface area contributed by atoms with Gasteiger partial charge < -0.3 is 9.62 Å². The maximum atomic E-state index is 12.4. The van der Waals surface area contributed by atoms with Crippen LogP contribution in [0.1, 0.15) is 10.6 Å². The van der Waals surface area contributed by atoms with Gasteiger partial charge in [-0.1, -0.05) is 41.7 Å². The molecule has 2 heterocycles. The first-order chi connectivity index (χ1) is 13.5. The van der Waals surface area contributed by atoms with E-state index in [4.69, 9.17) is 9.62 Å². The molecule has 0 aliphatic heterocycles. The normalized spacial score (nSPS) is 12.1. The van der Waals surface area contributed by atoms with Crippen molar-refractivity contribution in [2.24, 2.45) is 0 Å². The molecule has 0 saturated heterocycles. The van der Waals surface area contributed by atoms with Gasteiger partial charge in [-0.15, -0.1) is 10.2 Å². The maximum Gasteiger partial charge on any atom is 0.293 e. The maximum absolute atomic E-state index is 12.4. The van der Waals surface area contributed by atoms with Gasteiger partial charge in [0.25, 0.3) is 5.91 Å². The van der Waals surface area contributed by atoms with Crippen molar-refractivity contribution in [3.63, 3.8) is 0 Å². The van der Waals surface area contributed by atoms with E-state index in [1.165, 1.54) is 29.5 Å². The standard InChI is InChI=1S/C18H12N4O5S/c23-13-9-15(27-14-7-6-11(22(25)26)8-12(13)14)16(24)19-18-21-20-17(28-18)10-4-2-1-3-5-10/h1-9,22,25H,(H,19,21,24). The molecule has 1 amide bonds. The van der Waals surface area contributed by atoms with Gasteiger partial charge in [-0.05, 0) is 6.07 Å². The van der Waals surface area contributed by atoms with Gasteiger partial charge in [-0.25, -0.2) is 5.21 Å². The van der Waals surface area contributed by atoms with Gasteiger partial charge >= 0.3 is 0 Å². The summed E-state index contributed by atoms with van der Waals surface area (Å²) in [4.78, 5) is 24.7. The molecule has 10 heteroatoms. The zero-order chi connectivity index (χ0) is 19.7. The summed E-state index contributed by atoms with van der Waals surface area (Å²) in [6.07, 6.45) is 0. The smallest absolute Gasteiger partial charge is 0.293 e. The van der Waals surface area contributed by atoms with Gasteiger partial charge in [0.15, 0.2) is 16.9 Å². The van der Waals surface area contributed by atoms with Crippen LogP contribution in [0, 0.1) is 5.21 Å². The molecule has 0 spiro atoms. The lowest BCUT2D eigenvalue weighted by Gasteiger charge is -2.11. The summed E-state index contributed by atoms with van der Waals surface area (Å²) >= 11 is 1.18. The average molecular weight is 396 g/mol. The van der Waals surface area contributed by atoms with Crippen molar-refractivity contribution < 1.29 is 19.6 Å². The summed E-state index contributed by atoms with van der Waals surface area (Å²) < 4.78 is 5.45. The van der Waals surface area contributed by atoms with Crippen molar-refractivity contribution in [1.82, 2.24) is 10.2 Å². The number of nitrogens with one attached hydrogen (secondary N) is 2. The number of fused-ring (bicyclic) bond motifs is 1. The Morgan fingerprint density at radius 1 is 1.14 bits per heavy atom. The number of hydrogen-bond donors (Lipinski definition) is 3. The minimum Gasteiger partial charge on any atom is -0.595 e. The number of nitrogens with zero attached hydrogens (tertiary/aromatic N) is 2. The third-order valence-corrected chi connectivity index (χ3v) is 4.75.